The molecular formula is C18H15ClN2O5. The normalized spacial score (nSPS) is 10.0. The molecule has 0 radical (unpaired) electrons. The number of hydrogen-bond acceptors (Lipinski definition) is 5. The summed E-state index contributed by atoms with van der Waals surface area (Å²) in [5.74, 6) is -1.60. The lowest BCUT2D eigenvalue weighted by Crippen LogP contribution is -2.05. The minimum absolute atomic E-state index is 0. The number of aromatic nitrogens is 1. The smallest absolute Gasteiger partial charge is 0.339 e. The number of nitrogens with one attached hydrogen (secondary N) is 1. The first-order valence-electron chi connectivity index (χ1n) is 7.30. The van der Waals surface area contributed by atoms with E-state index in [1.807, 2.05) is 0 Å². The Labute approximate surface area is 154 Å². The van der Waals surface area contributed by atoms with Crippen LogP contribution in [0.25, 0.3) is 10.9 Å². The van der Waals surface area contributed by atoms with Gasteiger partial charge in [-0.15, -0.1) is 12.4 Å². The summed E-state index contributed by atoms with van der Waals surface area (Å²) in [4.78, 5) is 26.9. The molecule has 0 saturated carbocycles. The summed E-state index contributed by atoms with van der Waals surface area (Å²) in [5, 5.41) is 22.1. The second-order valence-corrected chi connectivity index (χ2v) is 5.24. The monoisotopic (exact) mass is 374 g/mol. The van der Waals surface area contributed by atoms with E-state index in [1.165, 1.54) is 18.3 Å². The quantitative estimate of drug-likeness (QED) is 0.623. The molecule has 134 valence electrons. The number of hydrogen-bond donors (Lipinski definition) is 3. The third-order valence-corrected chi connectivity index (χ3v) is 3.70. The van der Waals surface area contributed by atoms with Crippen LogP contribution >= 0.6 is 12.4 Å². The van der Waals surface area contributed by atoms with E-state index in [0.29, 0.717) is 22.3 Å². The highest BCUT2D eigenvalue weighted by atomic mass is 35.5. The topological polar surface area (TPSA) is 109 Å². The van der Waals surface area contributed by atoms with Gasteiger partial charge >= 0.3 is 11.9 Å². The second kappa shape index (κ2) is 7.71. The Kier molecular flexibility index (Phi) is 5.64. The minimum atomic E-state index is -1.16. The zero-order valence-corrected chi connectivity index (χ0v) is 14.4. The number of fused-ring (bicyclic) bond motifs is 1. The minimum Gasteiger partial charge on any atom is -0.497 e. The maximum atomic E-state index is 11.6. The van der Waals surface area contributed by atoms with Crippen molar-refractivity contribution >= 4 is 46.6 Å². The lowest BCUT2D eigenvalue weighted by molar-refractivity contribution is 0.0687. The van der Waals surface area contributed by atoms with Crippen molar-refractivity contribution in [3.8, 4) is 5.75 Å². The summed E-state index contributed by atoms with van der Waals surface area (Å²) < 4.78 is 5.10. The van der Waals surface area contributed by atoms with E-state index in [9.17, 15) is 19.8 Å². The summed E-state index contributed by atoms with van der Waals surface area (Å²) in [6.07, 6.45) is 1.25. The zero-order valence-electron chi connectivity index (χ0n) is 13.6. The van der Waals surface area contributed by atoms with Gasteiger partial charge in [0.15, 0.2) is 0 Å². The molecule has 7 nitrogen and oxygen atoms in total. The highest BCUT2D eigenvalue weighted by molar-refractivity contribution is 6.07. The summed E-state index contributed by atoms with van der Waals surface area (Å²) in [7, 11) is 1.55. The predicted octanol–water partition coefficient (Wildman–Crippen LogP) is 3.81. The van der Waals surface area contributed by atoms with Gasteiger partial charge < -0.3 is 20.3 Å². The first-order chi connectivity index (χ1) is 12.0. The van der Waals surface area contributed by atoms with Crippen LogP contribution in [0.15, 0.2) is 48.7 Å². The number of methoxy groups -OCH3 is 1. The van der Waals surface area contributed by atoms with Crippen molar-refractivity contribution in [3.63, 3.8) is 0 Å². The number of ether oxygens (including phenoxy) is 1. The lowest BCUT2D eigenvalue weighted by Gasteiger charge is -2.13. The summed E-state index contributed by atoms with van der Waals surface area (Å²) in [5.41, 5.74) is 1.41. The Hall–Kier alpha value is -3.32. The molecule has 0 atom stereocenters. The number of pyridine rings is 1. The van der Waals surface area contributed by atoms with Gasteiger partial charge in [-0.05, 0) is 42.5 Å². The van der Waals surface area contributed by atoms with Crippen LogP contribution in [0.2, 0.25) is 0 Å². The molecule has 0 aliphatic rings. The molecule has 1 aromatic heterocycles. The van der Waals surface area contributed by atoms with Crippen molar-refractivity contribution in [1.82, 2.24) is 4.98 Å². The summed E-state index contributed by atoms with van der Waals surface area (Å²) in [6.45, 7) is 0. The highest BCUT2D eigenvalue weighted by Gasteiger charge is 2.16. The Morgan fingerprint density at radius 1 is 1.04 bits per heavy atom. The molecule has 0 aliphatic heterocycles. The first-order valence-corrected chi connectivity index (χ1v) is 7.30. The fourth-order valence-corrected chi connectivity index (χ4v) is 2.44. The van der Waals surface area contributed by atoms with Gasteiger partial charge in [0.1, 0.15) is 11.3 Å². The third kappa shape index (κ3) is 3.68. The number of carbonyl (C=O) groups is 2. The van der Waals surface area contributed by atoms with Gasteiger partial charge in [0.05, 0.1) is 23.9 Å². The summed E-state index contributed by atoms with van der Waals surface area (Å²) >= 11 is 0. The van der Waals surface area contributed by atoms with E-state index < -0.39 is 11.9 Å². The van der Waals surface area contributed by atoms with Crippen molar-refractivity contribution in [3.05, 3.63) is 59.8 Å². The standard InChI is InChI=1S/C18H14N2O5.ClH/c1-25-12-5-3-11(4-6-12)20-16-13-8-10(17(21)22)2-7-15(13)19-9-14(16)18(23)24;/h2-9H,1H3,(H,19,20)(H,21,22)(H,23,24);1H. The molecule has 0 unspecified atom stereocenters. The number of carboxylic acids is 2. The predicted molar refractivity (Wildman–Crippen MR) is 99.2 cm³/mol. The number of nitrogens with zero attached hydrogens (tertiary/aromatic N) is 1. The fraction of sp³-hybridized carbons (Fsp3) is 0.0556. The number of rotatable bonds is 5. The van der Waals surface area contributed by atoms with Gasteiger partial charge in [0, 0.05) is 17.3 Å². The molecule has 3 aromatic rings. The summed E-state index contributed by atoms with van der Waals surface area (Å²) in [6, 6.07) is 11.3. The van der Waals surface area contributed by atoms with Gasteiger partial charge in [-0.1, -0.05) is 0 Å². The Morgan fingerprint density at radius 2 is 1.73 bits per heavy atom. The van der Waals surface area contributed by atoms with Crippen molar-refractivity contribution in [2.45, 2.75) is 0 Å². The molecule has 0 spiro atoms. The van der Waals surface area contributed by atoms with Crippen LogP contribution in [-0.2, 0) is 0 Å². The van der Waals surface area contributed by atoms with E-state index in [1.54, 1.807) is 37.4 Å². The van der Waals surface area contributed by atoms with Gasteiger partial charge in [0.2, 0.25) is 0 Å². The molecule has 8 heteroatoms. The van der Waals surface area contributed by atoms with Crippen LogP contribution < -0.4 is 10.1 Å². The van der Waals surface area contributed by atoms with E-state index >= 15 is 0 Å². The number of halogens is 1. The number of carboxylic acid groups (broad SMARTS) is 2. The molecule has 26 heavy (non-hydrogen) atoms. The van der Waals surface area contributed by atoms with E-state index in [2.05, 4.69) is 10.3 Å². The van der Waals surface area contributed by atoms with Crippen molar-refractivity contribution in [1.29, 1.82) is 0 Å². The van der Waals surface area contributed by atoms with Gasteiger partial charge in [-0.25, -0.2) is 9.59 Å². The average Bonchev–Trinajstić information content (AvgIpc) is 2.61. The zero-order chi connectivity index (χ0) is 18.0. The molecule has 0 fully saturated rings. The van der Waals surface area contributed by atoms with E-state index in [0.717, 1.165) is 0 Å². The molecule has 3 rings (SSSR count). The second-order valence-electron chi connectivity index (χ2n) is 5.24. The van der Waals surface area contributed by atoms with Gasteiger partial charge in [-0.2, -0.15) is 0 Å². The van der Waals surface area contributed by atoms with Crippen LogP contribution in [-0.4, -0.2) is 34.2 Å². The number of anilines is 2. The Bertz CT molecular complexity index is 968. The fourth-order valence-electron chi connectivity index (χ4n) is 2.44. The van der Waals surface area contributed by atoms with Crippen molar-refractivity contribution in [2.24, 2.45) is 0 Å². The number of aromatic carboxylic acids is 2. The Balaban J connectivity index is 0.00000243. The Morgan fingerprint density at radius 3 is 2.31 bits per heavy atom. The lowest BCUT2D eigenvalue weighted by atomic mass is 10.1. The molecule has 2 aromatic carbocycles. The third-order valence-electron chi connectivity index (χ3n) is 3.70. The molecule has 0 amide bonds. The largest absolute Gasteiger partial charge is 0.497 e. The van der Waals surface area contributed by atoms with Crippen molar-refractivity contribution < 1.29 is 24.5 Å². The van der Waals surface area contributed by atoms with Crippen LogP contribution in [0, 0.1) is 0 Å². The molecule has 0 bridgehead atoms. The van der Waals surface area contributed by atoms with Crippen LogP contribution in [0.5, 0.6) is 5.75 Å². The van der Waals surface area contributed by atoms with E-state index in [4.69, 9.17) is 4.74 Å². The first kappa shape index (κ1) is 19.0. The molecular weight excluding hydrogens is 360 g/mol. The highest BCUT2D eigenvalue weighted by Crippen LogP contribution is 2.30. The SMILES string of the molecule is COc1ccc(Nc2c(C(=O)O)cnc3ccc(C(=O)O)cc23)cc1.Cl. The molecule has 0 aliphatic carbocycles. The van der Waals surface area contributed by atoms with Gasteiger partial charge in [-0.3, -0.25) is 4.98 Å². The average molecular weight is 375 g/mol. The van der Waals surface area contributed by atoms with Crippen LogP contribution in [0.3, 0.4) is 0 Å². The van der Waals surface area contributed by atoms with Gasteiger partial charge in [0.25, 0.3) is 0 Å². The van der Waals surface area contributed by atoms with E-state index in [-0.39, 0.29) is 29.2 Å². The van der Waals surface area contributed by atoms with Crippen LogP contribution in [0.4, 0.5) is 11.4 Å². The van der Waals surface area contributed by atoms with Crippen LogP contribution in [0.1, 0.15) is 20.7 Å². The molecule has 1 heterocycles. The molecule has 3 N–H and O–H groups in total. The molecule has 0 saturated heterocycles. The maximum absolute atomic E-state index is 11.6. The number of benzene rings is 2. The van der Waals surface area contributed by atoms with Crippen molar-refractivity contribution in [2.75, 3.05) is 12.4 Å². The maximum Gasteiger partial charge on any atom is 0.339 e.